The summed E-state index contributed by atoms with van der Waals surface area (Å²) in [6.07, 6.45) is 4.28. The van der Waals surface area contributed by atoms with Gasteiger partial charge < -0.3 is 15.5 Å². The third-order valence-corrected chi connectivity index (χ3v) is 2.56. The number of carbonyl (C=O) groups is 1. The molecule has 0 aliphatic heterocycles. The minimum absolute atomic E-state index is 0.0528. The number of amides is 1. The van der Waals surface area contributed by atoms with E-state index in [0.717, 1.165) is 25.7 Å². The summed E-state index contributed by atoms with van der Waals surface area (Å²) in [6.45, 7) is 2.69. The molecule has 0 saturated carbocycles. The topological polar surface area (TPSA) is 69.6 Å². The van der Waals surface area contributed by atoms with E-state index in [0.29, 0.717) is 6.54 Å². The van der Waals surface area contributed by atoms with E-state index in [1.165, 1.54) is 18.2 Å². The Kier molecular flexibility index (Phi) is 5.33. The molecule has 0 fully saturated rings. The van der Waals surface area contributed by atoms with Crippen molar-refractivity contribution in [1.29, 1.82) is 0 Å². The average molecular weight is 237 g/mol. The van der Waals surface area contributed by atoms with Gasteiger partial charge in [-0.25, -0.2) is 0 Å². The van der Waals surface area contributed by atoms with Crippen molar-refractivity contribution in [2.24, 2.45) is 0 Å². The van der Waals surface area contributed by atoms with E-state index in [2.05, 4.69) is 12.2 Å². The number of hydrogen-bond acceptors (Lipinski definition) is 3. The molecule has 1 aromatic carbocycles. The Morgan fingerprint density at radius 1 is 1.18 bits per heavy atom. The molecule has 1 rings (SSSR count). The van der Waals surface area contributed by atoms with Crippen LogP contribution in [-0.2, 0) is 0 Å². The van der Waals surface area contributed by atoms with Crippen LogP contribution in [0.15, 0.2) is 18.2 Å². The van der Waals surface area contributed by atoms with Gasteiger partial charge in [0, 0.05) is 6.54 Å². The Hall–Kier alpha value is -1.71. The molecule has 1 aromatic rings. The Morgan fingerprint density at radius 3 is 2.41 bits per heavy atom. The molecule has 0 radical (unpaired) electrons. The van der Waals surface area contributed by atoms with Crippen molar-refractivity contribution in [2.75, 3.05) is 6.54 Å². The quantitative estimate of drug-likeness (QED) is 0.665. The molecule has 0 aliphatic rings. The fraction of sp³-hybridized carbons (Fsp3) is 0.462. The summed E-state index contributed by atoms with van der Waals surface area (Å²) in [4.78, 5) is 11.7. The molecule has 0 aromatic heterocycles. The van der Waals surface area contributed by atoms with Gasteiger partial charge in [-0.2, -0.15) is 0 Å². The summed E-state index contributed by atoms with van der Waals surface area (Å²) in [5.74, 6) is -0.829. The highest BCUT2D eigenvalue weighted by Crippen LogP contribution is 2.25. The number of rotatable bonds is 6. The van der Waals surface area contributed by atoms with Crippen molar-refractivity contribution in [3.05, 3.63) is 23.8 Å². The number of carbonyl (C=O) groups excluding carboxylic acids is 1. The Morgan fingerprint density at radius 2 is 1.82 bits per heavy atom. The molecule has 94 valence electrons. The highest BCUT2D eigenvalue weighted by Gasteiger charge is 2.14. The average Bonchev–Trinajstić information content (AvgIpc) is 2.28. The monoisotopic (exact) mass is 237 g/mol. The number of benzene rings is 1. The molecule has 0 spiro atoms. The predicted octanol–water partition coefficient (Wildman–Crippen LogP) is 2.41. The summed E-state index contributed by atoms with van der Waals surface area (Å²) in [7, 11) is 0. The molecule has 0 atom stereocenters. The summed E-state index contributed by atoms with van der Waals surface area (Å²) < 4.78 is 0. The smallest absolute Gasteiger partial charge is 0.258 e. The summed E-state index contributed by atoms with van der Waals surface area (Å²) in [6, 6.07) is 4.25. The summed E-state index contributed by atoms with van der Waals surface area (Å²) >= 11 is 0. The summed E-state index contributed by atoms with van der Waals surface area (Å²) in [5.41, 5.74) is -0.0528. The SMILES string of the molecule is CCCCCCNC(=O)c1c(O)cccc1O. The molecular weight excluding hydrogens is 218 g/mol. The van der Waals surface area contributed by atoms with Crippen LogP contribution < -0.4 is 5.32 Å². The molecule has 0 heterocycles. The van der Waals surface area contributed by atoms with Crippen molar-refractivity contribution in [3.63, 3.8) is 0 Å². The zero-order valence-corrected chi connectivity index (χ0v) is 10.1. The first-order valence-electron chi connectivity index (χ1n) is 5.96. The van der Waals surface area contributed by atoms with E-state index >= 15 is 0 Å². The first-order chi connectivity index (χ1) is 8.16. The summed E-state index contributed by atoms with van der Waals surface area (Å²) in [5, 5.41) is 21.6. The van der Waals surface area contributed by atoms with Gasteiger partial charge in [0.2, 0.25) is 0 Å². The Balaban J connectivity index is 2.47. The largest absolute Gasteiger partial charge is 0.507 e. The molecule has 4 heteroatoms. The van der Waals surface area contributed by atoms with Gasteiger partial charge in [0.05, 0.1) is 0 Å². The highest BCUT2D eigenvalue weighted by molar-refractivity contribution is 5.99. The van der Waals surface area contributed by atoms with E-state index in [4.69, 9.17) is 0 Å². The second-order valence-corrected chi connectivity index (χ2v) is 3.99. The van der Waals surface area contributed by atoms with Crippen LogP contribution in [0.25, 0.3) is 0 Å². The second-order valence-electron chi connectivity index (χ2n) is 3.99. The lowest BCUT2D eigenvalue weighted by Crippen LogP contribution is -2.24. The third kappa shape index (κ3) is 3.98. The predicted molar refractivity (Wildman–Crippen MR) is 66.2 cm³/mol. The fourth-order valence-corrected chi connectivity index (χ4v) is 1.60. The van der Waals surface area contributed by atoms with Crippen LogP contribution >= 0.6 is 0 Å². The van der Waals surface area contributed by atoms with Gasteiger partial charge in [0.15, 0.2) is 0 Å². The molecule has 17 heavy (non-hydrogen) atoms. The molecule has 0 aliphatic carbocycles. The van der Waals surface area contributed by atoms with Crippen LogP contribution in [0.3, 0.4) is 0 Å². The van der Waals surface area contributed by atoms with Crippen LogP contribution in [0.1, 0.15) is 43.0 Å². The third-order valence-electron chi connectivity index (χ3n) is 2.56. The molecule has 3 N–H and O–H groups in total. The van der Waals surface area contributed by atoms with E-state index in [9.17, 15) is 15.0 Å². The van der Waals surface area contributed by atoms with Crippen LogP contribution in [-0.4, -0.2) is 22.7 Å². The molecule has 0 saturated heterocycles. The Bertz CT molecular complexity index is 357. The zero-order valence-electron chi connectivity index (χ0n) is 10.1. The van der Waals surface area contributed by atoms with E-state index in [1.807, 2.05) is 0 Å². The lowest BCUT2D eigenvalue weighted by atomic mass is 10.1. The van der Waals surface area contributed by atoms with Gasteiger partial charge in [0.1, 0.15) is 17.1 Å². The van der Waals surface area contributed by atoms with Crippen LogP contribution in [0, 0.1) is 0 Å². The van der Waals surface area contributed by atoms with Gasteiger partial charge >= 0.3 is 0 Å². The van der Waals surface area contributed by atoms with Gasteiger partial charge in [-0.05, 0) is 18.6 Å². The van der Waals surface area contributed by atoms with E-state index in [-0.39, 0.29) is 17.1 Å². The van der Waals surface area contributed by atoms with E-state index in [1.54, 1.807) is 0 Å². The highest BCUT2D eigenvalue weighted by atomic mass is 16.3. The number of unbranched alkanes of at least 4 members (excludes halogenated alkanes) is 3. The van der Waals surface area contributed by atoms with Crippen molar-refractivity contribution in [1.82, 2.24) is 5.32 Å². The second kappa shape index (κ2) is 6.78. The van der Waals surface area contributed by atoms with Gasteiger partial charge in [-0.15, -0.1) is 0 Å². The van der Waals surface area contributed by atoms with Gasteiger partial charge in [-0.1, -0.05) is 32.3 Å². The molecular formula is C13H19NO3. The lowest BCUT2D eigenvalue weighted by Gasteiger charge is -2.08. The minimum atomic E-state index is -0.433. The van der Waals surface area contributed by atoms with Crippen molar-refractivity contribution >= 4 is 5.91 Å². The molecule has 4 nitrogen and oxygen atoms in total. The lowest BCUT2D eigenvalue weighted by molar-refractivity contribution is 0.0947. The van der Waals surface area contributed by atoms with Crippen molar-refractivity contribution in [2.45, 2.75) is 32.6 Å². The maximum Gasteiger partial charge on any atom is 0.258 e. The first-order valence-corrected chi connectivity index (χ1v) is 5.96. The van der Waals surface area contributed by atoms with E-state index < -0.39 is 5.91 Å². The standard InChI is InChI=1S/C13H19NO3/c1-2-3-4-5-9-14-13(17)12-10(15)7-6-8-11(12)16/h6-8,15-16H,2-5,9H2,1H3,(H,14,17). The van der Waals surface area contributed by atoms with Crippen molar-refractivity contribution < 1.29 is 15.0 Å². The Labute approximate surface area is 101 Å². The normalized spacial score (nSPS) is 10.2. The maximum absolute atomic E-state index is 11.7. The van der Waals surface area contributed by atoms with Crippen LogP contribution in [0.5, 0.6) is 11.5 Å². The zero-order chi connectivity index (χ0) is 12.7. The van der Waals surface area contributed by atoms with Crippen molar-refractivity contribution in [3.8, 4) is 11.5 Å². The molecule has 0 unspecified atom stereocenters. The molecule has 0 bridgehead atoms. The number of hydrogen-bond donors (Lipinski definition) is 3. The van der Waals surface area contributed by atoms with Gasteiger partial charge in [0.25, 0.3) is 5.91 Å². The van der Waals surface area contributed by atoms with Crippen LogP contribution in [0.2, 0.25) is 0 Å². The fourth-order valence-electron chi connectivity index (χ4n) is 1.60. The number of phenolic OH excluding ortho intramolecular Hbond substituents is 2. The minimum Gasteiger partial charge on any atom is -0.507 e. The van der Waals surface area contributed by atoms with Crippen LogP contribution in [0.4, 0.5) is 0 Å². The maximum atomic E-state index is 11.7. The van der Waals surface area contributed by atoms with Gasteiger partial charge in [-0.3, -0.25) is 4.79 Å². The number of nitrogens with one attached hydrogen (secondary N) is 1. The first kappa shape index (κ1) is 13.4. The molecule has 1 amide bonds. The number of aromatic hydroxyl groups is 2. The number of phenols is 2.